The number of halogens is 3. The van der Waals surface area contributed by atoms with Gasteiger partial charge in [-0.15, -0.1) is 0 Å². The minimum absolute atomic E-state index is 0.0238. The van der Waals surface area contributed by atoms with E-state index in [9.17, 15) is 22.8 Å². The molecule has 0 bridgehead atoms. The Hall–Kier alpha value is -3.81. The number of carbonyl (C=O) groups excluding carboxylic acids is 1. The molecule has 1 amide bonds. The van der Waals surface area contributed by atoms with Crippen molar-refractivity contribution in [3.8, 4) is 16.9 Å². The molecule has 5 nitrogen and oxygen atoms in total. The quantitative estimate of drug-likeness (QED) is 0.290. The van der Waals surface area contributed by atoms with Crippen LogP contribution in [-0.4, -0.2) is 29.7 Å². The second kappa shape index (κ2) is 12.2. The first-order chi connectivity index (χ1) is 17.8. The third-order valence-electron chi connectivity index (χ3n) is 6.08. The van der Waals surface area contributed by atoms with Crippen LogP contribution >= 0.6 is 0 Å². The van der Waals surface area contributed by atoms with Crippen LogP contribution in [0.5, 0.6) is 5.75 Å². The fourth-order valence-electron chi connectivity index (χ4n) is 3.88. The average Bonchev–Trinajstić information content (AvgIpc) is 2.86. The van der Waals surface area contributed by atoms with Crippen LogP contribution in [-0.2, 0) is 10.2 Å². The lowest BCUT2D eigenvalue weighted by molar-refractivity contribution is -0.139. The largest absolute Gasteiger partial charge is 0.486 e. The molecule has 0 aliphatic heterocycles. The molecule has 38 heavy (non-hydrogen) atoms. The first-order valence-electron chi connectivity index (χ1n) is 12.4. The van der Waals surface area contributed by atoms with Crippen molar-refractivity contribution in [2.75, 3.05) is 6.54 Å². The lowest BCUT2D eigenvalue weighted by Crippen LogP contribution is -2.26. The Morgan fingerprint density at radius 1 is 0.868 bits per heavy atom. The highest BCUT2D eigenvalue weighted by atomic mass is 19.4. The number of carbonyl (C=O) groups is 2. The van der Waals surface area contributed by atoms with Gasteiger partial charge < -0.3 is 15.2 Å². The van der Waals surface area contributed by atoms with Gasteiger partial charge in [-0.05, 0) is 58.4 Å². The van der Waals surface area contributed by atoms with Crippen molar-refractivity contribution in [3.05, 3.63) is 89.5 Å². The smallest absolute Gasteiger partial charge is 0.389 e. The molecule has 0 aliphatic carbocycles. The van der Waals surface area contributed by atoms with Crippen LogP contribution in [0.2, 0.25) is 0 Å². The van der Waals surface area contributed by atoms with E-state index < -0.39 is 30.6 Å². The SMILES string of the molecule is CC(C)(C)c1ccc(-c2ccc(OC(CCC(F)(F)F)c3ccc(C(=O)NCCC(=O)O)cc3)cc2)cc1. The maximum absolute atomic E-state index is 13.0. The number of amides is 1. The zero-order valence-corrected chi connectivity index (χ0v) is 21.6. The van der Waals surface area contributed by atoms with E-state index >= 15 is 0 Å². The predicted octanol–water partition coefficient (Wildman–Crippen LogP) is 7.32. The van der Waals surface area contributed by atoms with E-state index in [0.717, 1.165) is 11.1 Å². The summed E-state index contributed by atoms with van der Waals surface area (Å²) in [6.07, 6.45) is -6.73. The molecule has 2 N–H and O–H groups in total. The second-order valence-electron chi connectivity index (χ2n) is 10.1. The monoisotopic (exact) mass is 527 g/mol. The first-order valence-corrected chi connectivity index (χ1v) is 12.4. The van der Waals surface area contributed by atoms with Gasteiger partial charge in [-0.2, -0.15) is 13.2 Å². The molecule has 202 valence electrons. The van der Waals surface area contributed by atoms with Crippen molar-refractivity contribution < 1.29 is 32.6 Å². The number of benzene rings is 3. The summed E-state index contributed by atoms with van der Waals surface area (Å²) in [4.78, 5) is 22.8. The molecule has 8 heteroatoms. The van der Waals surface area contributed by atoms with E-state index in [4.69, 9.17) is 9.84 Å². The van der Waals surface area contributed by atoms with Gasteiger partial charge in [0, 0.05) is 18.5 Å². The van der Waals surface area contributed by atoms with Gasteiger partial charge in [0.1, 0.15) is 11.9 Å². The molecule has 0 heterocycles. The number of rotatable bonds is 10. The highest BCUT2D eigenvalue weighted by Crippen LogP contribution is 2.33. The lowest BCUT2D eigenvalue weighted by atomic mass is 9.86. The molecule has 0 aromatic heterocycles. The molecule has 0 spiro atoms. The molecule has 3 rings (SSSR count). The summed E-state index contributed by atoms with van der Waals surface area (Å²) in [7, 11) is 0. The number of aliphatic carboxylic acids is 1. The zero-order chi connectivity index (χ0) is 27.9. The van der Waals surface area contributed by atoms with Crippen LogP contribution in [0.3, 0.4) is 0 Å². The van der Waals surface area contributed by atoms with Crippen molar-refractivity contribution in [3.63, 3.8) is 0 Å². The molecule has 3 aromatic carbocycles. The Balaban J connectivity index is 1.73. The summed E-state index contributed by atoms with van der Waals surface area (Å²) < 4.78 is 45.0. The maximum atomic E-state index is 13.0. The number of carboxylic acids is 1. The number of carboxylic acid groups (broad SMARTS) is 1. The fourth-order valence-corrected chi connectivity index (χ4v) is 3.88. The average molecular weight is 528 g/mol. The first kappa shape index (κ1) is 28.8. The van der Waals surface area contributed by atoms with Crippen molar-refractivity contribution >= 4 is 11.9 Å². The molecular weight excluding hydrogens is 495 g/mol. The summed E-state index contributed by atoms with van der Waals surface area (Å²) in [6, 6.07) is 21.5. The van der Waals surface area contributed by atoms with E-state index in [2.05, 4.69) is 38.2 Å². The van der Waals surface area contributed by atoms with Gasteiger partial charge in [0.05, 0.1) is 6.42 Å². The number of nitrogens with one attached hydrogen (secondary N) is 1. The molecule has 1 atom stereocenters. The van der Waals surface area contributed by atoms with Crippen LogP contribution in [0, 0.1) is 0 Å². The third-order valence-corrected chi connectivity index (χ3v) is 6.08. The van der Waals surface area contributed by atoms with Crippen LogP contribution in [0.1, 0.15) is 67.6 Å². The van der Waals surface area contributed by atoms with Gasteiger partial charge in [0.2, 0.25) is 0 Å². The van der Waals surface area contributed by atoms with E-state index in [1.807, 2.05) is 24.3 Å². The maximum Gasteiger partial charge on any atom is 0.389 e. The summed E-state index contributed by atoms with van der Waals surface area (Å²) >= 11 is 0. The Morgan fingerprint density at radius 2 is 1.42 bits per heavy atom. The summed E-state index contributed by atoms with van der Waals surface area (Å²) in [5.74, 6) is -1.06. The van der Waals surface area contributed by atoms with Crippen molar-refractivity contribution in [2.45, 2.75) is 57.7 Å². The molecule has 0 aliphatic rings. The van der Waals surface area contributed by atoms with Crippen molar-refractivity contribution in [1.82, 2.24) is 5.32 Å². The molecule has 0 saturated carbocycles. The standard InChI is InChI=1S/C30H32F3NO4/c1-29(2,3)24-12-8-20(9-13-24)21-10-14-25(15-11-21)38-26(16-18-30(31,32)33)22-4-6-23(7-5-22)28(37)34-19-17-27(35)36/h4-15,26H,16-19H2,1-3H3,(H,34,37)(H,35,36). The van der Waals surface area contributed by atoms with Gasteiger partial charge in [0.25, 0.3) is 5.91 Å². The van der Waals surface area contributed by atoms with Crippen molar-refractivity contribution in [1.29, 1.82) is 0 Å². The second-order valence-corrected chi connectivity index (χ2v) is 10.1. The third kappa shape index (κ3) is 8.64. The Kier molecular flexibility index (Phi) is 9.20. The highest BCUT2D eigenvalue weighted by molar-refractivity contribution is 5.94. The molecular formula is C30H32F3NO4. The van der Waals surface area contributed by atoms with E-state index in [0.29, 0.717) is 11.3 Å². The lowest BCUT2D eigenvalue weighted by Gasteiger charge is -2.21. The number of hydrogen-bond acceptors (Lipinski definition) is 3. The Morgan fingerprint density at radius 3 is 1.92 bits per heavy atom. The Labute approximate surface area is 220 Å². The van der Waals surface area contributed by atoms with Gasteiger partial charge in [0.15, 0.2) is 0 Å². The molecule has 0 radical (unpaired) electrons. The summed E-state index contributed by atoms with van der Waals surface area (Å²) in [5.41, 5.74) is 4.02. The highest BCUT2D eigenvalue weighted by Gasteiger charge is 2.29. The molecule has 0 fully saturated rings. The number of ether oxygens (including phenoxy) is 1. The van der Waals surface area contributed by atoms with Gasteiger partial charge >= 0.3 is 12.1 Å². The van der Waals surface area contributed by atoms with Crippen LogP contribution in [0.15, 0.2) is 72.8 Å². The van der Waals surface area contributed by atoms with Crippen LogP contribution in [0.4, 0.5) is 13.2 Å². The Bertz CT molecular complexity index is 1210. The molecule has 1 unspecified atom stereocenters. The van der Waals surface area contributed by atoms with Crippen LogP contribution in [0.25, 0.3) is 11.1 Å². The van der Waals surface area contributed by atoms with Gasteiger partial charge in [-0.1, -0.05) is 69.3 Å². The van der Waals surface area contributed by atoms with Crippen molar-refractivity contribution in [2.24, 2.45) is 0 Å². The van der Waals surface area contributed by atoms with Gasteiger partial charge in [-0.3, -0.25) is 9.59 Å². The fraction of sp³-hybridized carbons (Fsp3) is 0.333. The number of alkyl halides is 3. The van der Waals surface area contributed by atoms with E-state index in [1.165, 1.54) is 17.7 Å². The van der Waals surface area contributed by atoms with E-state index in [1.54, 1.807) is 24.3 Å². The molecule has 3 aromatic rings. The predicted molar refractivity (Wildman–Crippen MR) is 140 cm³/mol. The van der Waals surface area contributed by atoms with Crippen LogP contribution < -0.4 is 10.1 Å². The molecule has 0 saturated heterocycles. The normalized spacial score (nSPS) is 12.6. The summed E-state index contributed by atoms with van der Waals surface area (Å²) in [5, 5.41) is 11.2. The topological polar surface area (TPSA) is 75.6 Å². The zero-order valence-electron chi connectivity index (χ0n) is 21.6. The minimum Gasteiger partial charge on any atom is -0.486 e. The summed E-state index contributed by atoms with van der Waals surface area (Å²) in [6.45, 7) is 6.42. The minimum atomic E-state index is -4.34. The number of hydrogen-bond donors (Lipinski definition) is 2. The van der Waals surface area contributed by atoms with E-state index in [-0.39, 0.29) is 30.4 Å². The van der Waals surface area contributed by atoms with Gasteiger partial charge in [-0.25, -0.2) is 0 Å².